The van der Waals surface area contributed by atoms with Crippen LogP contribution in [-0.2, 0) is 15.8 Å². The van der Waals surface area contributed by atoms with Gasteiger partial charge in [-0.3, -0.25) is 14.6 Å². The summed E-state index contributed by atoms with van der Waals surface area (Å²) in [6.07, 6.45) is 3.82. The van der Waals surface area contributed by atoms with Crippen molar-refractivity contribution in [2.24, 2.45) is 5.73 Å². The van der Waals surface area contributed by atoms with Crippen molar-refractivity contribution in [2.45, 2.75) is 43.8 Å². The molecule has 2 amide bonds. The van der Waals surface area contributed by atoms with Gasteiger partial charge in [0.25, 0.3) is 5.91 Å². The van der Waals surface area contributed by atoms with Gasteiger partial charge in [-0.2, -0.15) is 0 Å². The quantitative estimate of drug-likeness (QED) is 0.268. The molecule has 2 aliphatic rings. The number of amides is 2. The Hall–Kier alpha value is -4.83. The number of benzene rings is 2. The van der Waals surface area contributed by atoms with Crippen LogP contribution in [-0.4, -0.2) is 46.1 Å². The zero-order valence-electron chi connectivity index (χ0n) is 23.8. The highest BCUT2D eigenvalue weighted by Gasteiger charge is 2.45. The van der Waals surface area contributed by atoms with E-state index in [9.17, 15) is 19.1 Å². The Labute approximate surface area is 247 Å². The Balaban J connectivity index is 1.30. The first kappa shape index (κ1) is 28.3. The van der Waals surface area contributed by atoms with E-state index in [-0.39, 0.29) is 24.9 Å². The zero-order valence-corrected chi connectivity index (χ0v) is 23.8. The maximum atomic E-state index is 13.7. The Morgan fingerprint density at radius 2 is 1.93 bits per heavy atom. The SMILES string of the molecule is C[C@](O)(CNC(=O)c1ccc(OC2CC2)c(-c2ccccn2)c1)c1cc2c(c(-c3ccc(F)cc3)n1)OC[C@]2(C)C(N)=O. The third-order valence-corrected chi connectivity index (χ3v) is 7.88. The molecule has 6 rings (SSSR count). The predicted molar refractivity (Wildman–Crippen MR) is 157 cm³/mol. The van der Waals surface area contributed by atoms with Gasteiger partial charge in [-0.25, -0.2) is 9.37 Å². The maximum Gasteiger partial charge on any atom is 0.251 e. The molecule has 1 fully saturated rings. The number of halogens is 1. The highest BCUT2D eigenvalue weighted by atomic mass is 19.1. The average Bonchev–Trinajstić information content (AvgIpc) is 3.76. The monoisotopic (exact) mass is 582 g/mol. The van der Waals surface area contributed by atoms with E-state index < -0.39 is 28.6 Å². The fourth-order valence-electron chi connectivity index (χ4n) is 4.97. The number of aromatic nitrogens is 2. The van der Waals surface area contributed by atoms with E-state index in [1.165, 1.54) is 31.2 Å². The fourth-order valence-corrected chi connectivity index (χ4v) is 4.97. The van der Waals surface area contributed by atoms with Gasteiger partial charge in [-0.1, -0.05) is 6.07 Å². The number of hydrogen-bond donors (Lipinski definition) is 3. The van der Waals surface area contributed by atoms with Crippen molar-refractivity contribution < 1.29 is 28.6 Å². The van der Waals surface area contributed by atoms with E-state index in [1.54, 1.807) is 37.4 Å². The molecule has 1 saturated carbocycles. The molecule has 4 N–H and O–H groups in total. The molecule has 3 heterocycles. The van der Waals surface area contributed by atoms with Crippen LogP contribution in [0.3, 0.4) is 0 Å². The molecule has 2 atom stereocenters. The molecule has 0 bridgehead atoms. The summed E-state index contributed by atoms with van der Waals surface area (Å²) in [4.78, 5) is 34.9. The van der Waals surface area contributed by atoms with Gasteiger partial charge in [-0.05, 0) is 87.4 Å². The van der Waals surface area contributed by atoms with Crippen LogP contribution < -0.4 is 20.5 Å². The number of rotatable bonds is 9. The van der Waals surface area contributed by atoms with Gasteiger partial charge in [0.05, 0.1) is 24.0 Å². The lowest BCUT2D eigenvalue weighted by molar-refractivity contribution is -0.123. The molecule has 4 aromatic rings. The first-order valence-electron chi connectivity index (χ1n) is 14.0. The van der Waals surface area contributed by atoms with Crippen LogP contribution in [0.2, 0.25) is 0 Å². The second-order valence-electron chi connectivity index (χ2n) is 11.4. The summed E-state index contributed by atoms with van der Waals surface area (Å²) in [5, 5.41) is 14.4. The highest BCUT2D eigenvalue weighted by molar-refractivity contribution is 5.96. The van der Waals surface area contributed by atoms with Crippen LogP contribution in [0.4, 0.5) is 4.39 Å². The largest absolute Gasteiger partial charge is 0.490 e. The van der Waals surface area contributed by atoms with Crippen molar-refractivity contribution in [3.8, 4) is 34.0 Å². The van der Waals surface area contributed by atoms with Crippen LogP contribution >= 0.6 is 0 Å². The van der Waals surface area contributed by atoms with Gasteiger partial charge in [0, 0.05) is 28.5 Å². The maximum absolute atomic E-state index is 13.7. The van der Waals surface area contributed by atoms with Crippen molar-refractivity contribution in [3.63, 3.8) is 0 Å². The number of carbonyl (C=O) groups excluding carboxylic acids is 2. The lowest BCUT2D eigenvalue weighted by atomic mass is 9.82. The summed E-state index contributed by atoms with van der Waals surface area (Å²) in [7, 11) is 0. The molecule has 10 heteroatoms. The van der Waals surface area contributed by atoms with Crippen molar-refractivity contribution in [1.29, 1.82) is 0 Å². The average molecular weight is 583 g/mol. The van der Waals surface area contributed by atoms with Gasteiger partial charge in [0.15, 0.2) is 0 Å². The molecule has 0 saturated heterocycles. The summed E-state index contributed by atoms with van der Waals surface area (Å²) in [6, 6.07) is 17.9. The van der Waals surface area contributed by atoms with Crippen molar-refractivity contribution in [1.82, 2.24) is 15.3 Å². The van der Waals surface area contributed by atoms with Crippen LogP contribution in [0.25, 0.3) is 22.5 Å². The second-order valence-corrected chi connectivity index (χ2v) is 11.4. The molecule has 1 aliphatic heterocycles. The number of carbonyl (C=O) groups is 2. The van der Waals surface area contributed by atoms with Crippen LogP contribution in [0.15, 0.2) is 72.9 Å². The Kier molecular flexibility index (Phi) is 7.09. The number of fused-ring (bicyclic) bond motifs is 1. The standard InChI is InChI=1S/C33H31FN4O5/c1-32(31(35)40)18-42-29-24(32)16-27(38-28(29)19-6-9-21(34)10-7-19)33(2,41)17-37-30(39)20-8-13-26(43-22-11-12-22)23(15-20)25-5-3-4-14-36-25/h3-10,13-16,22,41H,11-12,17-18H2,1-2H3,(H2,35,40)(H,37,39)/t32-,33-/m0/s1. The predicted octanol–water partition coefficient (Wildman–Crippen LogP) is 4.26. The number of pyridine rings is 2. The Morgan fingerprint density at radius 1 is 1.16 bits per heavy atom. The molecular formula is C33H31FN4O5. The third-order valence-electron chi connectivity index (χ3n) is 7.88. The van der Waals surface area contributed by atoms with E-state index in [4.69, 9.17) is 15.2 Å². The molecule has 0 radical (unpaired) electrons. The van der Waals surface area contributed by atoms with Crippen molar-refractivity contribution in [2.75, 3.05) is 13.2 Å². The molecule has 2 aromatic heterocycles. The summed E-state index contributed by atoms with van der Waals surface area (Å²) in [5.74, 6) is -0.445. The van der Waals surface area contributed by atoms with E-state index in [2.05, 4.69) is 15.3 Å². The Morgan fingerprint density at radius 3 is 2.60 bits per heavy atom. The third kappa shape index (κ3) is 5.53. The lowest BCUT2D eigenvalue weighted by Crippen LogP contribution is -2.41. The number of hydrogen-bond acceptors (Lipinski definition) is 7. The molecule has 2 aromatic carbocycles. The van der Waals surface area contributed by atoms with E-state index in [0.29, 0.717) is 45.1 Å². The first-order chi connectivity index (χ1) is 20.5. The molecule has 1 aliphatic carbocycles. The van der Waals surface area contributed by atoms with Crippen molar-refractivity contribution in [3.05, 3.63) is 95.6 Å². The van der Waals surface area contributed by atoms with Gasteiger partial charge in [0.1, 0.15) is 40.6 Å². The minimum Gasteiger partial charge on any atom is -0.490 e. The minimum absolute atomic E-state index is 0.00503. The van der Waals surface area contributed by atoms with E-state index in [1.807, 2.05) is 18.2 Å². The van der Waals surface area contributed by atoms with Gasteiger partial charge >= 0.3 is 0 Å². The molecule has 220 valence electrons. The molecule has 0 unspecified atom stereocenters. The van der Waals surface area contributed by atoms with Gasteiger partial charge in [-0.15, -0.1) is 0 Å². The zero-order chi connectivity index (χ0) is 30.4. The lowest BCUT2D eigenvalue weighted by Gasteiger charge is -2.26. The van der Waals surface area contributed by atoms with Crippen molar-refractivity contribution >= 4 is 11.8 Å². The number of ether oxygens (including phenoxy) is 2. The van der Waals surface area contributed by atoms with Crippen LogP contribution in [0.1, 0.15) is 48.3 Å². The number of aliphatic hydroxyl groups is 1. The number of nitrogens with two attached hydrogens (primary N) is 1. The van der Waals surface area contributed by atoms with Gasteiger partial charge < -0.3 is 25.6 Å². The summed E-state index contributed by atoms with van der Waals surface area (Å²) in [6.45, 7) is 2.97. The second kappa shape index (κ2) is 10.8. The van der Waals surface area contributed by atoms with Crippen LogP contribution in [0.5, 0.6) is 11.5 Å². The number of primary amides is 1. The molecule has 0 spiro atoms. The minimum atomic E-state index is -1.67. The summed E-state index contributed by atoms with van der Waals surface area (Å²) >= 11 is 0. The van der Waals surface area contributed by atoms with Crippen LogP contribution in [0, 0.1) is 5.82 Å². The molecular weight excluding hydrogens is 551 g/mol. The smallest absolute Gasteiger partial charge is 0.251 e. The Bertz CT molecular complexity index is 1710. The summed E-state index contributed by atoms with van der Waals surface area (Å²) < 4.78 is 25.6. The van der Waals surface area contributed by atoms with E-state index in [0.717, 1.165) is 12.8 Å². The van der Waals surface area contributed by atoms with Gasteiger partial charge in [0.2, 0.25) is 5.91 Å². The normalized spacial score (nSPS) is 18.7. The topological polar surface area (TPSA) is 137 Å². The molecule has 9 nitrogen and oxygen atoms in total. The highest BCUT2D eigenvalue weighted by Crippen LogP contribution is 2.45. The first-order valence-corrected chi connectivity index (χ1v) is 14.0. The van der Waals surface area contributed by atoms with E-state index >= 15 is 0 Å². The number of nitrogens with one attached hydrogen (secondary N) is 1. The number of nitrogens with zero attached hydrogens (tertiary/aromatic N) is 2. The fraction of sp³-hybridized carbons (Fsp3) is 0.273. The summed E-state index contributed by atoms with van der Waals surface area (Å²) in [5.41, 5.74) is 6.15. The molecule has 43 heavy (non-hydrogen) atoms.